The van der Waals surface area contributed by atoms with Crippen LogP contribution in [0.4, 0.5) is 0 Å². The highest BCUT2D eigenvalue weighted by Gasteiger charge is 2.38. The van der Waals surface area contributed by atoms with Crippen LogP contribution >= 0.6 is 0 Å². The van der Waals surface area contributed by atoms with Crippen molar-refractivity contribution in [2.75, 3.05) is 19.8 Å². The van der Waals surface area contributed by atoms with Crippen molar-refractivity contribution < 1.29 is 14.3 Å². The van der Waals surface area contributed by atoms with Crippen LogP contribution in [0, 0.1) is 0 Å². The van der Waals surface area contributed by atoms with Crippen molar-refractivity contribution in [2.45, 2.75) is 45.3 Å². The average Bonchev–Trinajstić information content (AvgIpc) is 2.63. The van der Waals surface area contributed by atoms with E-state index in [1.54, 1.807) is 0 Å². The number of rotatable bonds is 5. The van der Waals surface area contributed by atoms with E-state index >= 15 is 0 Å². The molecule has 1 heterocycles. The van der Waals surface area contributed by atoms with Crippen LogP contribution < -0.4 is 5.32 Å². The molecule has 2 unspecified atom stereocenters. The van der Waals surface area contributed by atoms with Gasteiger partial charge in [-0.15, -0.1) is 0 Å². The Morgan fingerprint density at radius 1 is 1.60 bits per heavy atom. The molecule has 0 spiro atoms. The molecule has 0 saturated carbocycles. The van der Waals surface area contributed by atoms with Gasteiger partial charge in [0.15, 0.2) is 0 Å². The predicted molar refractivity (Wildman–Crippen MR) is 57.7 cm³/mol. The Morgan fingerprint density at radius 3 is 2.87 bits per heavy atom. The lowest BCUT2D eigenvalue weighted by Gasteiger charge is -2.24. The summed E-state index contributed by atoms with van der Waals surface area (Å²) in [7, 11) is 0. The highest BCUT2D eigenvalue weighted by molar-refractivity contribution is 5.80. The van der Waals surface area contributed by atoms with E-state index in [9.17, 15) is 4.79 Å². The van der Waals surface area contributed by atoms with Crippen LogP contribution in [-0.2, 0) is 14.3 Å². The summed E-state index contributed by atoms with van der Waals surface area (Å²) >= 11 is 0. The second-order valence-corrected chi connectivity index (χ2v) is 4.24. The molecule has 1 rings (SSSR count). The Kier molecular flexibility index (Phi) is 4.54. The first-order chi connectivity index (χ1) is 7.08. The number of nitrogens with one attached hydrogen (secondary N) is 1. The molecule has 0 aromatic heterocycles. The third kappa shape index (κ3) is 3.47. The van der Waals surface area contributed by atoms with Gasteiger partial charge < -0.3 is 14.8 Å². The average molecular weight is 215 g/mol. The Bertz CT molecular complexity index is 212. The second kappa shape index (κ2) is 5.47. The number of hydrogen-bond acceptors (Lipinski definition) is 4. The minimum Gasteiger partial charge on any atom is -0.459 e. The fourth-order valence-corrected chi connectivity index (χ4v) is 1.70. The molecule has 88 valence electrons. The summed E-state index contributed by atoms with van der Waals surface area (Å²) in [4.78, 5) is 11.8. The van der Waals surface area contributed by atoms with E-state index in [1.807, 2.05) is 20.8 Å². The van der Waals surface area contributed by atoms with Gasteiger partial charge in [-0.1, -0.05) is 0 Å². The minimum absolute atomic E-state index is 0.160. The molecule has 0 amide bonds. The fourth-order valence-electron chi connectivity index (χ4n) is 1.70. The monoisotopic (exact) mass is 215 g/mol. The summed E-state index contributed by atoms with van der Waals surface area (Å²) < 4.78 is 10.5. The van der Waals surface area contributed by atoms with Crippen molar-refractivity contribution in [3.05, 3.63) is 0 Å². The standard InChI is InChI=1S/C11H21NO3/c1-4-14-8-9(2)15-10(13)11(3)6-5-7-12-11/h9,12H,4-8H2,1-3H3. The number of carbonyl (C=O) groups is 1. The Morgan fingerprint density at radius 2 is 2.33 bits per heavy atom. The van der Waals surface area contributed by atoms with Gasteiger partial charge in [0.2, 0.25) is 0 Å². The van der Waals surface area contributed by atoms with Crippen molar-refractivity contribution >= 4 is 5.97 Å². The first kappa shape index (κ1) is 12.5. The molecule has 0 aromatic carbocycles. The van der Waals surface area contributed by atoms with Crippen LogP contribution in [0.1, 0.15) is 33.6 Å². The van der Waals surface area contributed by atoms with Crippen LogP contribution in [0.5, 0.6) is 0 Å². The highest BCUT2D eigenvalue weighted by Crippen LogP contribution is 2.20. The third-order valence-corrected chi connectivity index (χ3v) is 2.68. The van der Waals surface area contributed by atoms with Gasteiger partial charge in [0, 0.05) is 6.61 Å². The third-order valence-electron chi connectivity index (χ3n) is 2.68. The Labute approximate surface area is 91.3 Å². The SMILES string of the molecule is CCOCC(C)OC(=O)C1(C)CCCN1. The normalized spacial score (nSPS) is 27.7. The first-order valence-electron chi connectivity index (χ1n) is 5.62. The summed E-state index contributed by atoms with van der Waals surface area (Å²) in [6.07, 6.45) is 1.72. The van der Waals surface area contributed by atoms with E-state index in [1.165, 1.54) is 0 Å². The molecule has 1 N–H and O–H groups in total. The summed E-state index contributed by atoms with van der Waals surface area (Å²) in [5.41, 5.74) is -0.486. The molecule has 0 aliphatic carbocycles. The summed E-state index contributed by atoms with van der Waals surface area (Å²) in [5.74, 6) is -0.160. The molecule has 4 heteroatoms. The molecule has 0 radical (unpaired) electrons. The highest BCUT2D eigenvalue weighted by atomic mass is 16.6. The molecule has 2 atom stereocenters. The number of esters is 1. The molecule has 1 fully saturated rings. The lowest BCUT2D eigenvalue weighted by molar-refractivity contribution is -0.157. The predicted octanol–water partition coefficient (Wildman–Crippen LogP) is 1.10. The van der Waals surface area contributed by atoms with Crippen LogP contribution in [-0.4, -0.2) is 37.4 Å². The molecule has 0 bridgehead atoms. The lowest BCUT2D eigenvalue weighted by Crippen LogP contribution is -2.47. The zero-order valence-electron chi connectivity index (χ0n) is 9.84. The minimum atomic E-state index is -0.486. The maximum absolute atomic E-state index is 11.8. The van der Waals surface area contributed by atoms with Crippen LogP contribution in [0.2, 0.25) is 0 Å². The number of ether oxygens (including phenoxy) is 2. The van der Waals surface area contributed by atoms with Gasteiger partial charge in [0.25, 0.3) is 0 Å². The van der Waals surface area contributed by atoms with Crippen LogP contribution in [0.25, 0.3) is 0 Å². The van der Waals surface area contributed by atoms with E-state index in [4.69, 9.17) is 9.47 Å². The van der Waals surface area contributed by atoms with Crippen LogP contribution in [0.15, 0.2) is 0 Å². The summed E-state index contributed by atoms with van der Waals surface area (Å²) in [6, 6.07) is 0. The summed E-state index contributed by atoms with van der Waals surface area (Å²) in [5, 5.41) is 3.18. The summed E-state index contributed by atoms with van der Waals surface area (Å²) in [6.45, 7) is 7.69. The van der Waals surface area contributed by atoms with Gasteiger partial charge in [-0.2, -0.15) is 0 Å². The fraction of sp³-hybridized carbons (Fsp3) is 0.909. The molecule has 0 aromatic rings. The topological polar surface area (TPSA) is 47.6 Å². The second-order valence-electron chi connectivity index (χ2n) is 4.24. The van der Waals surface area contributed by atoms with Gasteiger partial charge in [-0.25, -0.2) is 0 Å². The van der Waals surface area contributed by atoms with E-state index < -0.39 is 5.54 Å². The zero-order valence-corrected chi connectivity index (χ0v) is 9.84. The maximum atomic E-state index is 11.8. The number of hydrogen-bond donors (Lipinski definition) is 1. The molecule has 1 saturated heterocycles. The van der Waals surface area contributed by atoms with Gasteiger partial charge in [0.05, 0.1) is 6.61 Å². The Hall–Kier alpha value is -0.610. The Balaban J connectivity index is 2.34. The van der Waals surface area contributed by atoms with E-state index in [0.717, 1.165) is 19.4 Å². The molecule has 15 heavy (non-hydrogen) atoms. The molecular formula is C11H21NO3. The van der Waals surface area contributed by atoms with E-state index in [-0.39, 0.29) is 12.1 Å². The smallest absolute Gasteiger partial charge is 0.326 e. The van der Waals surface area contributed by atoms with Crippen LogP contribution in [0.3, 0.4) is 0 Å². The van der Waals surface area contributed by atoms with Gasteiger partial charge in [-0.3, -0.25) is 4.79 Å². The molecule has 1 aliphatic heterocycles. The molecule has 1 aliphatic rings. The quantitative estimate of drug-likeness (QED) is 0.698. The van der Waals surface area contributed by atoms with Crippen molar-refractivity contribution in [1.29, 1.82) is 0 Å². The first-order valence-corrected chi connectivity index (χ1v) is 5.62. The molecular weight excluding hydrogens is 194 g/mol. The largest absolute Gasteiger partial charge is 0.459 e. The van der Waals surface area contributed by atoms with Crippen molar-refractivity contribution in [1.82, 2.24) is 5.32 Å². The van der Waals surface area contributed by atoms with Gasteiger partial charge >= 0.3 is 5.97 Å². The molecule has 4 nitrogen and oxygen atoms in total. The van der Waals surface area contributed by atoms with Gasteiger partial charge in [0.1, 0.15) is 11.6 Å². The van der Waals surface area contributed by atoms with Crippen molar-refractivity contribution in [3.63, 3.8) is 0 Å². The van der Waals surface area contributed by atoms with E-state index in [0.29, 0.717) is 13.2 Å². The van der Waals surface area contributed by atoms with E-state index in [2.05, 4.69) is 5.32 Å². The van der Waals surface area contributed by atoms with Crippen molar-refractivity contribution in [2.24, 2.45) is 0 Å². The maximum Gasteiger partial charge on any atom is 0.326 e. The number of carbonyl (C=O) groups excluding carboxylic acids is 1. The lowest BCUT2D eigenvalue weighted by atomic mass is 10.0. The zero-order chi connectivity index (χ0) is 11.3. The van der Waals surface area contributed by atoms with Gasteiger partial charge in [-0.05, 0) is 40.2 Å². The van der Waals surface area contributed by atoms with Crippen molar-refractivity contribution in [3.8, 4) is 0 Å².